The number of carbonyl (C=O) groups is 2. The lowest BCUT2D eigenvalue weighted by Crippen LogP contribution is -2.69. The van der Waals surface area contributed by atoms with Gasteiger partial charge in [0.15, 0.2) is 0 Å². The predicted molar refractivity (Wildman–Crippen MR) is 55.5 cm³/mol. The summed E-state index contributed by atoms with van der Waals surface area (Å²) in [5.74, 6) is -3.95. The number of hydrogen-bond acceptors (Lipinski definition) is 3. The van der Waals surface area contributed by atoms with Crippen molar-refractivity contribution in [2.24, 2.45) is 5.73 Å². The average molecular weight is 250 g/mol. The van der Waals surface area contributed by atoms with E-state index >= 15 is 0 Å². The van der Waals surface area contributed by atoms with Gasteiger partial charge in [-0.2, -0.15) is 0 Å². The average Bonchev–Trinajstić information content (AvgIpc) is 1.94. The Morgan fingerprint density at radius 1 is 1.29 bits per heavy atom. The monoisotopic (exact) mass is 250 g/mol. The van der Waals surface area contributed by atoms with Gasteiger partial charge in [0.2, 0.25) is 5.91 Å². The van der Waals surface area contributed by atoms with E-state index in [4.69, 9.17) is 10.5 Å². The molecule has 17 heavy (non-hydrogen) atoms. The minimum absolute atomic E-state index is 0.769. The zero-order valence-corrected chi connectivity index (χ0v) is 9.97. The molecular weight excluding hydrogens is 234 g/mol. The van der Waals surface area contributed by atoms with Crippen LogP contribution in [0.15, 0.2) is 0 Å². The Balaban J connectivity index is 2.65. The van der Waals surface area contributed by atoms with Gasteiger partial charge in [-0.25, -0.2) is 13.6 Å². The van der Waals surface area contributed by atoms with Gasteiger partial charge in [-0.1, -0.05) is 0 Å². The van der Waals surface area contributed by atoms with E-state index in [0.29, 0.717) is 0 Å². The number of rotatable bonds is 2. The number of ether oxygens (including phenoxy) is 1. The molecule has 3 N–H and O–H groups in total. The number of alkyl carbamates (subject to hydrolysis) is 1. The number of halogens is 2. The van der Waals surface area contributed by atoms with Gasteiger partial charge in [-0.15, -0.1) is 0 Å². The van der Waals surface area contributed by atoms with E-state index in [1.54, 1.807) is 20.8 Å². The van der Waals surface area contributed by atoms with Crippen LogP contribution in [0, 0.1) is 0 Å². The van der Waals surface area contributed by atoms with Crippen molar-refractivity contribution in [3.63, 3.8) is 0 Å². The van der Waals surface area contributed by atoms with Crippen LogP contribution in [0.4, 0.5) is 13.6 Å². The third-order valence-corrected chi connectivity index (χ3v) is 2.33. The van der Waals surface area contributed by atoms with Crippen molar-refractivity contribution in [3.05, 3.63) is 0 Å². The first-order valence-corrected chi connectivity index (χ1v) is 5.15. The molecule has 0 aliphatic heterocycles. The Hall–Kier alpha value is -1.40. The fourth-order valence-electron chi connectivity index (χ4n) is 1.65. The smallest absolute Gasteiger partial charge is 0.408 e. The summed E-state index contributed by atoms with van der Waals surface area (Å²) in [5.41, 5.74) is 2.57. The van der Waals surface area contributed by atoms with Crippen molar-refractivity contribution in [2.75, 3.05) is 0 Å². The highest BCUT2D eigenvalue weighted by atomic mass is 19.3. The first-order chi connectivity index (χ1) is 7.46. The van der Waals surface area contributed by atoms with E-state index in [-0.39, 0.29) is 0 Å². The van der Waals surface area contributed by atoms with Gasteiger partial charge >= 0.3 is 6.09 Å². The van der Waals surface area contributed by atoms with E-state index in [0.717, 1.165) is 0 Å². The second-order valence-electron chi connectivity index (χ2n) is 5.28. The van der Waals surface area contributed by atoms with E-state index in [9.17, 15) is 18.4 Å². The van der Waals surface area contributed by atoms with Gasteiger partial charge in [0, 0.05) is 12.8 Å². The van der Waals surface area contributed by atoms with Crippen molar-refractivity contribution in [3.8, 4) is 0 Å². The molecule has 0 radical (unpaired) electrons. The number of amides is 2. The van der Waals surface area contributed by atoms with Gasteiger partial charge in [-0.3, -0.25) is 4.79 Å². The van der Waals surface area contributed by atoms with Crippen molar-refractivity contribution in [1.29, 1.82) is 0 Å². The molecule has 1 aliphatic carbocycles. The van der Waals surface area contributed by atoms with E-state index in [1.807, 2.05) is 0 Å². The Morgan fingerprint density at radius 3 is 2.06 bits per heavy atom. The number of nitrogens with two attached hydrogens (primary N) is 1. The molecule has 98 valence electrons. The molecule has 0 aromatic heterocycles. The van der Waals surface area contributed by atoms with Crippen LogP contribution in [-0.4, -0.2) is 29.1 Å². The molecule has 0 heterocycles. The van der Waals surface area contributed by atoms with E-state index < -0.39 is 41.9 Å². The molecule has 7 heteroatoms. The second kappa shape index (κ2) is 3.82. The lowest BCUT2D eigenvalue weighted by atomic mass is 9.73. The minimum Gasteiger partial charge on any atom is -0.444 e. The van der Waals surface area contributed by atoms with Crippen LogP contribution in [0.25, 0.3) is 0 Å². The fourth-order valence-corrected chi connectivity index (χ4v) is 1.65. The minimum atomic E-state index is -2.97. The topological polar surface area (TPSA) is 81.4 Å². The van der Waals surface area contributed by atoms with Crippen molar-refractivity contribution < 1.29 is 23.1 Å². The van der Waals surface area contributed by atoms with Crippen LogP contribution in [0.2, 0.25) is 0 Å². The molecule has 0 unspecified atom stereocenters. The Kier molecular flexibility index (Phi) is 3.07. The molecule has 0 saturated heterocycles. The summed E-state index contributed by atoms with van der Waals surface area (Å²) in [5, 5.41) is 2.13. The van der Waals surface area contributed by atoms with Gasteiger partial charge < -0.3 is 15.8 Å². The summed E-state index contributed by atoms with van der Waals surface area (Å²) < 4.78 is 30.4. The van der Waals surface area contributed by atoms with Crippen molar-refractivity contribution >= 4 is 12.0 Å². The second-order valence-corrected chi connectivity index (χ2v) is 5.28. The number of alkyl halides is 2. The summed E-state index contributed by atoms with van der Waals surface area (Å²) in [6.07, 6.45) is -2.49. The summed E-state index contributed by atoms with van der Waals surface area (Å²) in [6.45, 7) is 4.87. The lowest BCUT2D eigenvalue weighted by molar-refractivity contribution is -0.159. The van der Waals surface area contributed by atoms with Crippen LogP contribution < -0.4 is 11.1 Å². The Bertz CT molecular complexity index is 342. The summed E-state index contributed by atoms with van der Waals surface area (Å²) >= 11 is 0. The third kappa shape index (κ3) is 3.28. The zero-order valence-electron chi connectivity index (χ0n) is 9.97. The molecule has 0 aromatic carbocycles. The van der Waals surface area contributed by atoms with Crippen LogP contribution in [0.1, 0.15) is 33.6 Å². The molecule has 1 saturated carbocycles. The van der Waals surface area contributed by atoms with Crippen LogP contribution in [0.5, 0.6) is 0 Å². The number of hydrogen-bond donors (Lipinski definition) is 2. The molecule has 2 amide bonds. The van der Waals surface area contributed by atoms with Crippen molar-refractivity contribution in [1.82, 2.24) is 5.32 Å². The molecular formula is C10H16F2N2O3. The van der Waals surface area contributed by atoms with Gasteiger partial charge in [-0.05, 0) is 20.8 Å². The van der Waals surface area contributed by atoms with Crippen LogP contribution in [-0.2, 0) is 9.53 Å². The molecule has 1 rings (SSSR count). The van der Waals surface area contributed by atoms with Crippen LogP contribution >= 0.6 is 0 Å². The summed E-state index contributed by atoms with van der Waals surface area (Å²) in [7, 11) is 0. The molecule has 5 nitrogen and oxygen atoms in total. The quantitative estimate of drug-likeness (QED) is 0.771. The lowest BCUT2D eigenvalue weighted by Gasteiger charge is -2.44. The highest BCUT2D eigenvalue weighted by Crippen LogP contribution is 2.45. The van der Waals surface area contributed by atoms with Crippen LogP contribution in [0.3, 0.4) is 0 Å². The predicted octanol–water partition coefficient (Wildman–Crippen LogP) is 1.16. The van der Waals surface area contributed by atoms with Gasteiger partial charge in [0.1, 0.15) is 11.1 Å². The highest BCUT2D eigenvalue weighted by molar-refractivity contribution is 5.90. The van der Waals surface area contributed by atoms with Crippen molar-refractivity contribution in [2.45, 2.75) is 50.7 Å². The maximum atomic E-state index is 12.8. The number of carbonyl (C=O) groups excluding carboxylic acids is 2. The highest BCUT2D eigenvalue weighted by Gasteiger charge is 2.61. The maximum Gasteiger partial charge on any atom is 0.408 e. The molecule has 0 atom stereocenters. The van der Waals surface area contributed by atoms with E-state index in [2.05, 4.69) is 5.32 Å². The molecule has 0 aromatic rings. The maximum absolute atomic E-state index is 12.8. The summed E-state index contributed by atoms with van der Waals surface area (Å²) in [6, 6.07) is 0. The molecule has 0 spiro atoms. The SMILES string of the molecule is CC(C)(C)OC(=O)NC1(C(N)=O)CC(F)(F)C1. The summed E-state index contributed by atoms with van der Waals surface area (Å²) in [4.78, 5) is 22.5. The molecule has 1 fully saturated rings. The first kappa shape index (κ1) is 13.7. The van der Waals surface area contributed by atoms with E-state index in [1.165, 1.54) is 0 Å². The Labute approximate surface area is 97.7 Å². The molecule has 0 bridgehead atoms. The standard InChI is InChI=1S/C10H16F2N2O3/c1-8(2,3)17-7(16)14-9(6(13)15)4-10(11,12)5-9/h4-5H2,1-3H3,(H2,13,15)(H,14,16). The Morgan fingerprint density at radius 2 is 1.76 bits per heavy atom. The van der Waals surface area contributed by atoms with Gasteiger partial charge in [0.05, 0.1) is 0 Å². The zero-order chi connectivity index (χ0) is 13.5. The third-order valence-electron chi connectivity index (χ3n) is 2.33. The fraction of sp³-hybridized carbons (Fsp3) is 0.800. The number of nitrogens with one attached hydrogen (secondary N) is 1. The molecule has 1 aliphatic rings. The first-order valence-electron chi connectivity index (χ1n) is 5.15. The normalized spacial score (nSPS) is 21.2. The van der Waals surface area contributed by atoms with Gasteiger partial charge in [0.25, 0.3) is 5.92 Å². The largest absolute Gasteiger partial charge is 0.444 e. The number of primary amides is 1.